The maximum Gasteiger partial charge on any atom is 0.277 e. The van der Waals surface area contributed by atoms with E-state index in [0.717, 1.165) is 37.1 Å². The van der Waals surface area contributed by atoms with Crippen molar-refractivity contribution in [3.8, 4) is 0 Å². The van der Waals surface area contributed by atoms with E-state index in [0.29, 0.717) is 5.39 Å². The topological polar surface area (TPSA) is 80.1 Å². The minimum atomic E-state index is -0.364. The maximum atomic E-state index is 11.0. The minimum Gasteiger partial charge on any atom is -0.384 e. The number of nitrogens with zero attached hydrogens (tertiary/aromatic N) is 2. The number of hydrogen-bond acceptors (Lipinski definition) is 5. The zero-order chi connectivity index (χ0) is 14.4. The summed E-state index contributed by atoms with van der Waals surface area (Å²) in [6, 6.07) is 4.96. The van der Waals surface area contributed by atoms with Gasteiger partial charge in [-0.25, -0.2) is 0 Å². The van der Waals surface area contributed by atoms with Crippen LogP contribution in [0.4, 0.5) is 11.4 Å². The summed E-state index contributed by atoms with van der Waals surface area (Å²) >= 11 is 0. The SMILES string of the molecule is CCNCCCNc1ccc([N+](=O)[O-])c2ccncc12. The number of hydrogen-bond donors (Lipinski definition) is 2. The molecule has 0 unspecified atom stereocenters. The Labute approximate surface area is 117 Å². The molecule has 0 aliphatic carbocycles. The summed E-state index contributed by atoms with van der Waals surface area (Å²) in [6.45, 7) is 4.80. The van der Waals surface area contributed by atoms with E-state index in [-0.39, 0.29) is 10.6 Å². The lowest BCUT2D eigenvalue weighted by Crippen LogP contribution is -2.17. The fraction of sp³-hybridized carbons (Fsp3) is 0.357. The van der Waals surface area contributed by atoms with Gasteiger partial charge in [-0.05, 0) is 31.6 Å². The highest BCUT2D eigenvalue weighted by Crippen LogP contribution is 2.30. The Kier molecular flexibility index (Phi) is 4.84. The average molecular weight is 274 g/mol. The quantitative estimate of drug-likeness (QED) is 0.461. The Morgan fingerprint density at radius 1 is 1.25 bits per heavy atom. The van der Waals surface area contributed by atoms with E-state index in [1.807, 2.05) is 0 Å². The molecule has 6 heteroatoms. The molecule has 1 aromatic heterocycles. The van der Waals surface area contributed by atoms with Crippen LogP contribution in [0.1, 0.15) is 13.3 Å². The van der Waals surface area contributed by atoms with Gasteiger partial charge in [0, 0.05) is 36.1 Å². The first-order chi connectivity index (χ1) is 9.74. The van der Waals surface area contributed by atoms with Gasteiger partial charge in [-0.15, -0.1) is 0 Å². The van der Waals surface area contributed by atoms with Crippen LogP contribution in [0.2, 0.25) is 0 Å². The fourth-order valence-electron chi connectivity index (χ4n) is 2.10. The van der Waals surface area contributed by atoms with Gasteiger partial charge in [0.2, 0.25) is 0 Å². The third-order valence-corrected chi connectivity index (χ3v) is 3.09. The van der Waals surface area contributed by atoms with Gasteiger partial charge >= 0.3 is 0 Å². The predicted octanol–water partition coefficient (Wildman–Crippen LogP) is 2.55. The van der Waals surface area contributed by atoms with Crippen LogP contribution in [0.3, 0.4) is 0 Å². The van der Waals surface area contributed by atoms with Gasteiger partial charge in [-0.1, -0.05) is 6.92 Å². The van der Waals surface area contributed by atoms with Crippen LogP contribution in [0, 0.1) is 10.1 Å². The van der Waals surface area contributed by atoms with Gasteiger partial charge in [0.25, 0.3) is 5.69 Å². The molecule has 0 spiro atoms. The van der Waals surface area contributed by atoms with Gasteiger partial charge < -0.3 is 10.6 Å². The van der Waals surface area contributed by atoms with Crippen molar-refractivity contribution in [2.24, 2.45) is 0 Å². The first-order valence-corrected chi connectivity index (χ1v) is 6.69. The molecule has 1 aromatic carbocycles. The van der Waals surface area contributed by atoms with E-state index in [2.05, 4.69) is 22.5 Å². The Hall–Kier alpha value is -2.21. The normalized spacial score (nSPS) is 10.7. The molecule has 6 nitrogen and oxygen atoms in total. The monoisotopic (exact) mass is 274 g/mol. The van der Waals surface area contributed by atoms with Crippen LogP contribution in [0.5, 0.6) is 0 Å². The highest BCUT2D eigenvalue weighted by molar-refractivity contribution is 5.99. The van der Waals surface area contributed by atoms with E-state index in [9.17, 15) is 10.1 Å². The number of nitro groups is 1. The molecule has 106 valence electrons. The molecule has 2 rings (SSSR count). The van der Waals surface area contributed by atoms with Gasteiger partial charge in [0.1, 0.15) is 0 Å². The summed E-state index contributed by atoms with van der Waals surface area (Å²) in [6.07, 6.45) is 4.23. The number of anilines is 1. The molecule has 1 heterocycles. The molecular weight excluding hydrogens is 256 g/mol. The molecule has 2 N–H and O–H groups in total. The van der Waals surface area contributed by atoms with Crippen molar-refractivity contribution in [2.45, 2.75) is 13.3 Å². The third kappa shape index (κ3) is 3.21. The number of nitro benzene ring substituents is 1. The number of nitrogens with one attached hydrogen (secondary N) is 2. The zero-order valence-electron chi connectivity index (χ0n) is 11.4. The average Bonchev–Trinajstić information content (AvgIpc) is 2.46. The molecule has 0 aliphatic heterocycles. The molecule has 0 atom stereocenters. The molecule has 0 fully saturated rings. The summed E-state index contributed by atoms with van der Waals surface area (Å²) in [4.78, 5) is 14.7. The van der Waals surface area contributed by atoms with Crippen LogP contribution < -0.4 is 10.6 Å². The zero-order valence-corrected chi connectivity index (χ0v) is 11.4. The summed E-state index contributed by atoms with van der Waals surface area (Å²) in [5.41, 5.74) is 0.996. The summed E-state index contributed by atoms with van der Waals surface area (Å²) in [5.74, 6) is 0. The van der Waals surface area contributed by atoms with E-state index >= 15 is 0 Å². The molecule has 0 saturated carbocycles. The number of aromatic nitrogens is 1. The molecule has 2 aromatic rings. The third-order valence-electron chi connectivity index (χ3n) is 3.09. The maximum absolute atomic E-state index is 11.0. The number of benzene rings is 1. The molecule has 0 saturated heterocycles. The fourth-order valence-corrected chi connectivity index (χ4v) is 2.10. The van der Waals surface area contributed by atoms with Gasteiger partial charge in [-0.2, -0.15) is 0 Å². The number of rotatable bonds is 7. The minimum absolute atomic E-state index is 0.112. The molecule has 20 heavy (non-hydrogen) atoms. The summed E-state index contributed by atoms with van der Waals surface area (Å²) in [7, 11) is 0. The highest BCUT2D eigenvalue weighted by atomic mass is 16.6. The number of pyridine rings is 1. The molecule has 0 radical (unpaired) electrons. The van der Waals surface area contributed by atoms with Crippen LogP contribution >= 0.6 is 0 Å². The van der Waals surface area contributed by atoms with Crippen molar-refractivity contribution >= 4 is 22.1 Å². The Morgan fingerprint density at radius 3 is 2.85 bits per heavy atom. The second kappa shape index (κ2) is 6.81. The Bertz CT molecular complexity index is 601. The standard InChI is InChI=1S/C14H18N4O2/c1-2-15-7-3-8-17-13-4-5-14(18(19)20)11-6-9-16-10-12(11)13/h4-6,9-10,15,17H,2-3,7-8H2,1H3. The first-order valence-electron chi connectivity index (χ1n) is 6.69. The van der Waals surface area contributed by atoms with Crippen LogP contribution in [0.25, 0.3) is 10.8 Å². The predicted molar refractivity (Wildman–Crippen MR) is 80.0 cm³/mol. The summed E-state index contributed by atoms with van der Waals surface area (Å²) in [5, 5.41) is 19.0. The van der Waals surface area contributed by atoms with E-state index in [1.54, 1.807) is 24.5 Å². The van der Waals surface area contributed by atoms with Crippen LogP contribution in [-0.2, 0) is 0 Å². The van der Waals surface area contributed by atoms with E-state index < -0.39 is 0 Å². The van der Waals surface area contributed by atoms with Gasteiger partial charge in [0.15, 0.2) is 0 Å². The Balaban J connectivity index is 2.18. The second-order valence-corrected chi connectivity index (χ2v) is 4.44. The van der Waals surface area contributed by atoms with Crippen LogP contribution in [-0.4, -0.2) is 29.5 Å². The number of fused-ring (bicyclic) bond motifs is 1. The van der Waals surface area contributed by atoms with Crippen molar-refractivity contribution in [1.82, 2.24) is 10.3 Å². The van der Waals surface area contributed by atoms with Gasteiger partial charge in [-0.3, -0.25) is 15.1 Å². The van der Waals surface area contributed by atoms with Crippen molar-refractivity contribution in [1.29, 1.82) is 0 Å². The smallest absolute Gasteiger partial charge is 0.277 e. The van der Waals surface area contributed by atoms with Crippen molar-refractivity contribution in [3.05, 3.63) is 40.7 Å². The lowest BCUT2D eigenvalue weighted by molar-refractivity contribution is -0.383. The summed E-state index contributed by atoms with van der Waals surface area (Å²) < 4.78 is 0. The lowest BCUT2D eigenvalue weighted by atomic mass is 10.1. The molecule has 0 amide bonds. The van der Waals surface area contributed by atoms with E-state index in [4.69, 9.17) is 0 Å². The highest BCUT2D eigenvalue weighted by Gasteiger charge is 2.13. The molecular formula is C14H18N4O2. The van der Waals surface area contributed by atoms with Crippen LogP contribution in [0.15, 0.2) is 30.6 Å². The van der Waals surface area contributed by atoms with Crippen molar-refractivity contribution in [3.63, 3.8) is 0 Å². The largest absolute Gasteiger partial charge is 0.384 e. The van der Waals surface area contributed by atoms with Crippen molar-refractivity contribution in [2.75, 3.05) is 25.0 Å². The molecule has 0 aliphatic rings. The van der Waals surface area contributed by atoms with Gasteiger partial charge in [0.05, 0.1) is 10.3 Å². The molecule has 0 bridgehead atoms. The van der Waals surface area contributed by atoms with E-state index in [1.165, 1.54) is 6.07 Å². The first kappa shape index (κ1) is 14.2. The van der Waals surface area contributed by atoms with Crippen molar-refractivity contribution < 1.29 is 4.92 Å². The second-order valence-electron chi connectivity index (χ2n) is 4.44. The lowest BCUT2D eigenvalue weighted by Gasteiger charge is -2.10. The Morgan fingerprint density at radius 2 is 2.10 bits per heavy atom. The number of non-ortho nitro benzene ring substituents is 1.